The van der Waals surface area contributed by atoms with E-state index in [0.717, 1.165) is 17.3 Å². The highest BCUT2D eigenvalue weighted by Gasteiger charge is 2.05. The molecule has 6 heteroatoms. The van der Waals surface area contributed by atoms with Crippen molar-refractivity contribution in [3.8, 4) is 0 Å². The van der Waals surface area contributed by atoms with E-state index in [1.165, 1.54) is 4.88 Å². The minimum Gasteiger partial charge on any atom is -0.368 e. The Bertz CT molecular complexity index is 421. The van der Waals surface area contributed by atoms with Gasteiger partial charge in [0.2, 0.25) is 5.95 Å². The monoisotopic (exact) mass is 240 g/mol. The lowest BCUT2D eigenvalue weighted by atomic mass is 10.4. The molecule has 2 N–H and O–H groups in total. The normalized spacial score (nSPS) is 10.7. The first-order valence-electron chi connectivity index (χ1n) is 4.57. The summed E-state index contributed by atoms with van der Waals surface area (Å²) < 4.78 is 1.80. The Morgan fingerprint density at radius 3 is 3.00 bits per heavy atom. The standard InChI is InChI=1S/C9H12N4S2/c1-13-8(10)11-12-9(13)15-6-4-7-3-2-5-14-7/h2-3,5H,4,6H2,1H3,(H2,10,11). The summed E-state index contributed by atoms with van der Waals surface area (Å²) in [5.41, 5.74) is 5.59. The summed E-state index contributed by atoms with van der Waals surface area (Å²) in [6, 6.07) is 4.22. The first-order chi connectivity index (χ1) is 7.27. The van der Waals surface area contributed by atoms with E-state index in [1.807, 2.05) is 7.05 Å². The number of nitrogens with two attached hydrogens (primary N) is 1. The van der Waals surface area contributed by atoms with Crippen LogP contribution in [0, 0.1) is 0 Å². The number of aryl methyl sites for hydroxylation is 1. The SMILES string of the molecule is Cn1c(N)nnc1SCCc1cccs1. The molecule has 4 nitrogen and oxygen atoms in total. The molecule has 0 aliphatic heterocycles. The summed E-state index contributed by atoms with van der Waals surface area (Å²) in [4.78, 5) is 1.40. The van der Waals surface area contributed by atoms with Gasteiger partial charge in [0.1, 0.15) is 0 Å². The largest absolute Gasteiger partial charge is 0.368 e. The minimum absolute atomic E-state index is 0.466. The smallest absolute Gasteiger partial charge is 0.222 e. The zero-order valence-corrected chi connectivity index (χ0v) is 10.0. The van der Waals surface area contributed by atoms with Gasteiger partial charge in [0, 0.05) is 17.7 Å². The van der Waals surface area contributed by atoms with Gasteiger partial charge in [-0.25, -0.2) is 0 Å². The second-order valence-corrected chi connectivity index (χ2v) is 5.17. The molecule has 0 aliphatic rings. The first-order valence-corrected chi connectivity index (χ1v) is 6.44. The molecule has 0 saturated carbocycles. The molecule has 0 saturated heterocycles. The van der Waals surface area contributed by atoms with Gasteiger partial charge in [-0.3, -0.25) is 4.57 Å². The van der Waals surface area contributed by atoms with Crippen molar-refractivity contribution in [3.05, 3.63) is 22.4 Å². The Balaban J connectivity index is 1.86. The van der Waals surface area contributed by atoms with E-state index in [2.05, 4.69) is 27.7 Å². The highest BCUT2D eigenvalue weighted by atomic mass is 32.2. The van der Waals surface area contributed by atoms with Crippen molar-refractivity contribution in [1.29, 1.82) is 0 Å². The van der Waals surface area contributed by atoms with Crippen LogP contribution in [0.3, 0.4) is 0 Å². The van der Waals surface area contributed by atoms with Crippen LogP contribution in [0.15, 0.2) is 22.7 Å². The third kappa shape index (κ3) is 2.51. The van der Waals surface area contributed by atoms with Gasteiger partial charge in [-0.1, -0.05) is 17.8 Å². The van der Waals surface area contributed by atoms with Gasteiger partial charge in [-0.05, 0) is 17.9 Å². The van der Waals surface area contributed by atoms with Crippen molar-refractivity contribution in [2.24, 2.45) is 7.05 Å². The number of thiophene rings is 1. The second kappa shape index (κ2) is 4.67. The van der Waals surface area contributed by atoms with Crippen molar-refractivity contribution in [2.45, 2.75) is 11.6 Å². The van der Waals surface area contributed by atoms with E-state index in [9.17, 15) is 0 Å². The Labute approximate surface area is 96.5 Å². The van der Waals surface area contributed by atoms with Crippen LogP contribution < -0.4 is 5.73 Å². The molecule has 2 heterocycles. The van der Waals surface area contributed by atoms with Crippen molar-refractivity contribution in [1.82, 2.24) is 14.8 Å². The fourth-order valence-corrected chi connectivity index (χ4v) is 2.88. The topological polar surface area (TPSA) is 56.7 Å². The summed E-state index contributed by atoms with van der Waals surface area (Å²) >= 11 is 3.47. The number of nitrogen functional groups attached to an aromatic ring is 1. The number of hydrogen-bond donors (Lipinski definition) is 1. The van der Waals surface area contributed by atoms with E-state index < -0.39 is 0 Å². The molecule has 0 aromatic carbocycles. The Morgan fingerprint density at radius 2 is 2.40 bits per heavy atom. The molecular formula is C9H12N4S2. The van der Waals surface area contributed by atoms with Crippen molar-refractivity contribution in [3.63, 3.8) is 0 Å². The maximum Gasteiger partial charge on any atom is 0.222 e. The van der Waals surface area contributed by atoms with Gasteiger partial charge < -0.3 is 5.73 Å². The van der Waals surface area contributed by atoms with Crippen LogP contribution in [-0.2, 0) is 13.5 Å². The van der Waals surface area contributed by atoms with Crippen LogP contribution in [0.5, 0.6) is 0 Å². The van der Waals surface area contributed by atoms with E-state index >= 15 is 0 Å². The maximum atomic E-state index is 5.59. The van der Waals surface area contributed by atoms with Gasteiger partial charge >= 0.3 is 0 Å². The number of nitrogens with zero attached hydrogens (tertiary/aromatic N) is 3. The molecule has 2 aromatic rings. The molecule has 0 amide bonds. The van der Waals surface area contributed by atoms with Crippen LogP contribution in [-0.4, -0.2) is 20.5 Å². The third-order valence-electron chi connectivity index (χ3n) is 2.03. The second-order valence-electron chi connectivity index (χ2n) is 3.08. The summed E-state index contributed by atoms with van der Waals surface area (Å²) in [5.74, 6) is 1.47. The highest BCUT2D eigenvalue weighted by Crippen LogP contribution is 2.19. The summed E-state index contributed by atoms with van der Waals surface area (Å²) in [7, 11) is 1.88. The Hall–Kier alpha value is -1.01. The van der Waals surface area contributed by atoms with Gasteiger partial charge in [0.05, 0.1) is 0 Å². The first kappa shape index (κ1) is 10.5. The molecule has 2 aromatic heterocycles. The molecule has 0 fully saturated rings. The average Bonchev–Trinajstić information content (AvgIpc) is 2.83. The molecular weight excluding hydrogens is 228 g/mol. The molecule has 0 atom stereocenters. The van der Waals surface area contributed by atoms with Gasteiger partial charge in [-0.15, -0.1) is 21.5 Å². The molecule has 0 radical (unpaired) electrons. The summed E-state index contributed by atoms with van der Waals surface area (Å²) in [5, 5.41) is 10.8. The van der Waals surface area contributed by atoms with Crippen molar-refractivity contribution < 1.29 is 0 Å². The molecule has 0 bridgehead atoms. The van der Waals surface area contributed by atoms with Crippen LogP contribution in [0.4, 0.5) is 5.95 Å². The quantitative estimate of drug-likeness (QED) is 0.828. The minimum atomic E-state index is 0.466. The van der Waals surface area contributed by atoms with Crippen LogP contribution >= 0.6 is 23.1 Å². The highest BCUT2D eigenvalue weighted by molar-refractivity contribution is 7.99. The fraction of sp³-hybridized carbons (Fsp3) is 0.333. The molecule has 2 rings (SSSR count). The summed E-state index contributed by atoms with van der Waals surface area (Å²) in [6.07, 6.45) is 1.06. The third-order valence-corrected chi connectivity index (χ3v) is 3.99. The number of anilines is 1. The van der Waals surface area contributed by atoms with Crippen LogP contribution in [0.1, 0.15) is 4.88 Å². The van der Waals surface area contributed by atoms with Crippen molar-refractivity contribution in [2.75, 3.05) is 11.5 Å². The van der Waals surface area contributed by atoms with E-state index in [-0.39, 0.29) is 0 Å². The zero-order chi connectivity index (χ0) is 10.7. The molecule has 80 valence electrons. The summed E-state index contributed by atoms with van der Waals surface area (Å²) in [6.45, 7) is 0. The lowest BCUT2D eigenvalue weighted by Gasteiger charge is -1.99. The molecule has 0 unspecified atom stereocenters. The van der Waals surface area contributed by atoms with Crippen molar-refractivity contribution >= 4 is 29.0 Å². The predicted molar refractivity (Wildman–Crippen MR) is 64.2 cm³/mol. The predicted octanol–water partition coefficient (Wildman–Crippen LogP) is 1.79. The number of thioether (sulfide) groups is 1. The molecule has 0 aliphatic carbocycles. The van der Waals surface area contributed by atoms with Crippen LogP contribution in [0.2, 0.25) is 0 Å². The number of rotatable bonds is 4. The Kier molecular flexibility index (Phi) is 3.27. The van der Waals surface area contributed by atoms with Crippen LogP contribution in [0.25, 0.3) is 0 Å². The maximum absolute atomic E-state index is 5.59. The van der Waals surface area contributed by atoms with E-state index in [0.29, 0.717) is 5.95 Å². The van der Waals surface area contributed by atoms with E-state index in [4.69, 9.17) is 5.73 Å². The fourth-order valence-electron chi connectivity index (χ4n) is 1.15. The van der Waals surface area contributed by atoms with Gasteiger partial charge in [0.15, 0.2) is 5.16 Å². The molecule has 0 spiro atoms. The lowest BCUT2D eigenvalue weighted by molar-refractivity contribution is 0.795. The number of aromatic nitrogens is 3. The van der Waals surface area contributed by atoms with Gasteiger partial charge in [-0.2, -0.15) is 0 Å². The van der Waals surface area contributed by atoms with E-state index in [1.54, 1.807) is 27.7 Å². The number of hydrogen-bond acceptors (Lipinski definition) is 5. The van der Waals surface area contributed by atoms with Gasteiger partial charge in [0.25, 0.3) is 0 Å². The molecule has 15 heavy (non-hydrogen) atoms. The Morgan fingerprint density at radius 1 is 1.53 bits per heavy atom. The lowest BCUT2D eigenvalue weighted by Crippen LogP contribution is -1.98. The zero-order valence-electron chi connectivity index (χ0n) is 8.38. The average molecular weight is 240 g/mol.